The third kappa shape index (κ3) is 8.39. The van der Waals surface area contributed by atoms with Crippen LogP contribution in [-0.2, 0) is 9.53 Å². The van der Waals surface area contributed by atoms with Crippen molar-refractivity contribution in [2.45, 2.75) is 58.1 Å². The molecule has 0 aliphatic carbocycles. The fourth-order valence-electron chi connectivity index (χ4n) is 1.28. The minimum Gasteiger partial charge on any atom is -0.480 e. The van der Waals surface area contributed by atoms with Gasteiger partial charge in [0, 0.05) is 0 Å². The Morgan fingerprint density at radius 1 is 1.40 bits per heavy atom. The van der Waals surface area contributed by atoms with E-state index in [1.54, 1.807) is 0 Å². The highest BCUT2D eigenvalue weighted by Crippen LogP contribution is 2.07. The summed E-state index contributed by atoms with van der Waals surface area (Å²) in [6.07, 6.45) is 5.91. The number of aliphatic carboxylic acids is 1. The maximum Gasteiger partial charge on any atom is 0.322 e. The molecule has 0 aliphatic rings. The minimum absolute atomic E-state index is 0.101. The number of hydrogen-bond donors (Lipinski definition) is 2. The molecule has 0 radical (unpaired) electrons. The van der Waals surface area contributed by atoms with E-state index in [1.807, 2.05) is 6.92 Å². The van der Waals surface area contributed by atoms with Crippen LogP contribution >= 0.6 is 0 Å². The van der Waals surface area contributed by atoms with E-state index in [-0.39, 0.29) is 12.7 Å². The summed E-state index contributed by atoms with van der Waals surface area (Å²) in [4.78, 5) is 10.4. The van der Waals surface area contributed by atoms with Gasteiger partial charge in [-0.15, -0.1) is 0 Å². The lowest BCUT2D eigenvalue weighted by Crippen LogP contribution is -2.36. The van der Waals surface area contributed by atoms with Crippen molar-refractivity contribution >= 4 is 5.97 Å². The number of rotatable bonds is 9. The van der Waals surface area contributed by atoms with Crippen LogP contribution in [0.25, 0.3) is 0 Å². The SMILES string of the molecule is CCCCCCC(C)OCC(N)C(=O)O. The molecule has 0 aromatic heterocycles. The molecule has 2 unspecified atom stereocenters. The summed E-state index contributed by atoms with van der Waals surface area (Å²) in [6, 6.07) is -0.900. The van der Waals surface area contributed by atoms with Gasteiger partial charge in [-0.25, -0.2) is 0 Å². The Morgan fingerprint density at radius 3 is 2.60 bits per heavy atom. The highest BCUT2D eigenvalue weighted by molar-refractivity contribution is 5.73. The van der Waals surface area contributed by atoms with Crippen molar-refractivity contribution in [1.29, 1.82) is 0 Å². The summed E-state index contributed by atoms with van der Waals surface area (Å²) in [6.45, 7) is 4.23. The molecule has 0 fully saturated rings. The van der Waals surface area contributed by atoms with Crippen LogP contribution in [0.4, 0.5) is 0 Å². The van der Waals surface area contributed by atoms with Crippen LogP contribution in [-0.4, -0.2) is 29.8 Å². The van der Waals surface area contributed by atoms with Crippen molar-refractivity contribution < 1.29 is 14.6 Å². The molecular formula is C11H23NO3. The van der Waals surface area contributed by atoms with Crippen LogP contribution in [0.1, 0.15) is 46.0 Å². The summed E-state index contributed by atoms with van der Waals surface area (Å²) in [5.41, 5.74) is 5.32. The molecule has 4 nitrogen and oxygen atoms in total. The zero-order valence-corrected chi connectivity index (χ0v) is 9.74. The molecule has 2 atom stereocenters. The molecule has 15 heavy (non-hydrogen) atoms. The summed E-state index contributed by atoms with van der Waals surface area (Å²) < 4.78 is 5.34. The largest absolute Gasteiger partial charge is 0.480 e. The second-order valence-electron chi connectivity index (χ2n) is 3.94. The first-order valence-electron chi connectivity index (χ1n) is 5.68. The highest BCUT2D eigenvalue weighted by atomic mass is 16.5. The Hall–Kier alpha value is -0.610. The molecule has 0 amide bonds. The normalized spacial score (nSPS) is 14.9. The predicted octanol–water partition coefficient (Wildman–Crippen LogP) is 1.77. The van der Waals surface area contributed by atoms with Crippen LogP contribution in [0.3, 0.4) is 0 Å². The lowest BCUT2D eigenvalue weighted by atomic mass is 10.1. The molecule has 0 saturated heterocycles. The Labute approximate surface area is 91.8 Å². The number of nitrogens with two attached hydrogens (primary N) is 1. The summed E-state index contributed by atoms with van der Waals surface area (Å²) >= 11 is 0. The first kappa shape index (κ1) is 14.4. The zero-order valence-electron chi connectivity index (χ0n) is 9.74. The average Bonchev–Trinajstić information content (AvgIpc) is 2.20. The predicted molar refractivity (Wildman–Crippen MR) is 59.8 cm³/mol. The van der Waals surface area contributed by atoms with E-state index < -0.39 is 12.0 Å². The fourth-order valence-corrected chi connectivity index (χ4v) is 1.28. The molecule has 90 valence electrons. The average molecular weight is 217 g/mol. The molecule has 0 aromatic rings. The Bertz CT molecular complexity index is 173. The highest BCUT2D eigenvalue weighted by Gasteiger charge is 2.12. The summed E-state index contributed by atoms with van der Waals surface area (Å²) in [5, 5.41) is 8.54. The molecule has 0 spiro atoms. The van der Waals surface area contributed by atoms with E-state index in [9.17, 15) is 4.79 Å². The van der Waals surface area contributed by atoms with E-state index in [0.29, 0.717) is 0 Å². The molecule has 0 bridgehead atoms. The standard InChI is InChI=1S/C11H23NO3/c1-3-4-5-6-7-9(2)15-8-10(12)11(13)14/h9-10H,3-8,12H2,1-2H3,(H,13,14). The van der Waals surface area contributed by atoms with Gasteiger partial charge < -0.3 is 15.6 Å². The van der Waals surface area contributed by atoms with Crippen LogP contribution in [0.2, 0.25) is 0 Å². The molecule has 0 aliphatic heterocycles. The molecule has 3 N–H and O–H groups in total. The first-order valence-corrected chi connectivity index (χ1v) is 5.68. The second-order valence-corrected chi connectivity index (χ2v) is 3.94. The Kier molecular flexibility index (Phi) is 8.33. The van der Waals surface area contributed by atoms with E-state index >= 15 is 0 Å². The summed E-state index contributed by atoms with van der Waals surface area (Å²) in [5.74, 6) is -1.01. The van der Waals surface area contributed by atoms with Crippen molar-refractivity contribution in [3.8, 4) is 0 Å². The minimum atomic E-state index is -1.01. The topological polar surface area (TPSA) is 72.5 Å². The third-order valence-electron chi connectivity index (χ3n) is 2.34. The number of unbranched alkanes of at least 4 members (excludes halogenated alkanes) is 3. The van der Waals surface area contributed by atoms with Gasteiger partial charge in [-0.3, -0.25) is 4.79 Å². The van der Waals surface area contributed by atoms with Crippen molar-refractivity contribution in [3.05, 3.63) is 0 Å². The molecule has 0 heterocycles. The van der Waals surface area contributed by atoms with E-state index in [4.69, 9.17) is 15.6 Å². The Morgan fingerprint density at radius 2 is 2.07 bits per heavy atom. The van der Waals surface area contributed by atoms with Gasteiger partial charge in [-0.1, -0.05) is 32.6 Å². The van der Waals surface area contributed by atoms with Gasteiger partial charge in [-0.05, 0) is 13.3 Å². The van der Waals surface area contributed by atoms with Crippen molar-refractivity contribution in [2.75, 3.05) is 6.61 Å². The van der Waals surface area contributed by atoms with Gasteiger partial charge in [0.05, 0.1) is 12.7 Å². The number of carboxylic acids is 1. The van der Waals surface area contributed by atoms with Crippen LogP contribution in [0.5, 0.6) is 0 Å². The molecule has 0 aromatic carbocycles. The fraction of sp³-hybridized carbons (Fsp3) is 0.909. The van der Waals surface area contributed by atoms with Gasteiger partial charge in [-0.2, -0.15) is 0 Å². The number of hydrogen-bond acceptors (Lipinski definition) is 3. The zero-order chi connectivity index (χ0) is 11.7. The van der Waals surface area contributed by atoms with E-state index in [0.717, 1.165) is 12.8 Å². The number of carboxylic acid groups (broad SMARTS) is 1. The molecular weight excluding hydrogens is 194 g/mol. The van der Waals surface area contributed by atoms with Gasteiger partial charge in [0.1, 0.15) is 6.04 Å². The molecule has 4 heteroatoms. The maximum absolute atomic E-state index is 10.4. The van der Waals surface area contributed by atoms with E-state index in [1.165, 1.54) is 19.3 Å². The van der Waals surface area contributed by atoms with Gasteiger partial charge in [0.25, 0.3) is 0 Å². The van der Waals surface area contributed by atoms with Gasteiger partial charge in [0.2, 0.25) is 0 Å². The summed E-state index contributed by atoms with van der Waals surface area (Å²) in [7, 11) is 0. The maximum atomic E-state index is 10.4. The number of carbonyl (C=O) groups is 1. The lowest BCUT2D eigenvalue weighted by Gasteiger charge is -2.14. The first-order chi connectivity index (χ1) is 7.07. The monoisotopic (exact) mass is 217 g/mol. The van der Waals surface area contributed by atoms with E-state index in [2.05, 4.69) is 6.92 Å². The number of ether oxygens (including phenoxy) is 1. The van der Waals surface area contributed by atoms with Crippen molar-refractivity contribution in [3.63, 3.8) is 0 Å². The Balaban J connectivity index is 3.40. The van der Waals surface area contributed by atoms with Crippen molar-refractivity contribution in [1.82, 2.24) is 0 Å². The van der Waals surface area contributed by atoms with Crippen LogP contribution in [0.15, 0.2) is 0 Å². The lowest BCUT2D eigenvalue weighted by molar-refractivity contribution is -0.140. The third-order valence-corrected chi connectivity index (χ3v) is 2.34. The van der Waals surface area contributed by atoms with Crippen LogP contribution < -0.4 is 5.73 Å². The smallest absolute Gasteiger partial charge is 0.322 e. The quantitative estimate of drug-likeness (QED) is 0.577. The molecule has 0 rings (SSSR count). The van der Waals surface area contributed by atoms with Crippen molar-refractivity contribution in [2.24, 2.45) is 5.73 Å². The molecule has 0 saturated carbocycles. The van der Waals surface area contributed by atoms with Gasteiger partial charge >= 0.3 is 5.97 Å². The second kappa shape index (κ2) is 8.68. The van der Waals surface area contributed by atoms with Gasteiger partial charge in [0.15, 0.2) is 0 Å². The van der Waals surface area contributed by atoms with Crippen LogP contribution in [0, 0.1) is 0 Å².